The van der Waals surface area contributed by atoms with Gasteiger partial charge in [0, 0.05) is 24.7 Å². The lowest BCUT2D eigenvalue weighted by atomic mass is 10.2. The molecule has 2 aromatic rings. The first-order valence-electron chi connectivity index (χ1n) is 6.90. The van der Waals surface area contributed by atoms with Crippen molar-refractivity contribution < 1.29 is 9.53 Å². The normalized spacial score (nSPS) is 9.64. The van der Waals surface area contributed by atoms with Gasteiger partial charge in [-0.2, -0.15) is 5.26 Å². The first-order chi connectivity index (χ1) is 10.7. The van der Waals surface area contributed by atoms with Crippen LogP contribution < -0.4 is 15.4 Å². The highest BCUT2D eigenvalue weighted by atomic mass is 16.5. The Kier molecular flexibility index (Phi) is 5.38. The Balaban J connectivity index is 1.84. The van der Waals surface area contributed by atoms with Gasteiger partial charge < -0.3 is 15.4 Å². The van der Waals surface area contributed by atoms with Crippen LogP contribution in [0.4, 0.5) is 11.4 Å². The van der Waals surface area contributed by atoms with Gasteiger partial charge in [0.2, 0.25) is 5.91 Å². The smallest absolute Gasteiger partial charge is 0.226 e. The topological polar surface area (TPSA) is 74.2 Å². The molecule has 0 aliphatic carbocycles. The number of hydrogen-bond acceptors (Lipinski definition) is 4. The second-order valence-corrected chi connectivity index (χ2v) is 4.61. The minimum absolute atomic E-state index is 0.141. The zero-order chi connectivity index (χ0) is 15.8. The fourth-order valence-corrected chi connectivity index (χ4v) is 1.96. The second-order valence-electron chi connectivity index (χ2n) is 4.61. The summed E-state index contributed by atoms with van der Waals surface area (Å²) in [6, 6.07) is 16.5. The predicted octanol–water partition coefficient (Wildman–Crippen LogP) is 3.01. The zero-order valence-corrected chi connectivity index (χ0v) is 12.3. The van der Waals surface area contributed by atoms with Gasteiger partial charge in [0.25, 0.3) is 0 Å². The summed E-state index contributed by atoms with van der Waals surface area (Å²) < 4.78 is 5.14. The lowest BCUT2D eigenvalue weighted by Crippen LogP contribution is -2.16. The third-order valence-electron chi connectivity index (χ3n) is 3.07. The van der Waals surface area contributed by atoms with E-state index in [4.69, 9.17) is 10.00 Å². The molecule has 0 saturated heterocycles. The van der Waals surface area contributed by atoms with Gasteiger partial charge in [0.1, 0.15) is 11.8 Å². The number of ether oxygens (including phenoxy) is 1. The quantitative estimate of drug-likeness (QED) is 0.859. The number of amides is 1. The lowest BCUT2D eigenvalue weighted by molar-refractivity contribution is -0.115. The van der Waals surface area contributed by atoms with Crippen LogP contribution in [0.2, 0.25) is 0 Å². The van der Waals surface area contributed by atoms with E-state index >= 15 is 0 Å². The minimum Gasteiger partial charge on any atom is -0.497 e. The number of benzene rings is 2. The molecular weight excluding hydrogens is 278 g/mol. The van der Waals surface area contributed by atoms with E-state index in [0.29, 0.717) is 24.2 Å². The van der Waals surface area contributed by atoms with Crippen LogP contribution in [0.1, 0.15) is 12.0 Å². The molecule has 0 radical (unpaired) electrons. The van der Waals surface area contributed by atoms with Crippen LogP contribution in [0.25, 0.3) is 0 Å². The first-order valence-corrected chi connectivity index (χ1v) is 6.90. The monoisotopic (exact) mass is 295 g/mol. The molecular formula is C17H17N3O2. The minimum atomic E-state index is -0.141. The number of nitriles is 1. The van der Waals surface area contributed by atoms with Crippen LogP contribution in [-0.2, 0) is 4.79 Å². The van der Waals surface area contributed by atoms with Crippen molar-refractivity contribution in [1.82, 2.24) is 0 Å². The number of para-hydroxylation sites is 1. The number of hydrogen-bond donors (Lipinski definition) is 2. The van der Waals surface area contributed by atoms with E-state index in [0.717, 1.165) is 11.4 Å². The van der Waals surface area contributed by atoms with Gasteiger partial charge in [-0.3, -0.25) is 4.79 Å². The van der Waals surface area contributed by atoms with Crippen molar-refractivity contribution in [1.29, 1.82) is 5.26 Å². The second kappa shape index (κ2) is 7.70. The number of carbonyl (C=O) groups is 1. The Morgan fingerprint density at radius 1 is 1.23 bits per heavy atom. The van der Waals surface area contributed by atoms with Crippen LogP contribution in [0.3, 0.4) is 0 Å². The van der Waals surface area contributed by atoms with Crippen molar-refractivity contribution in [3.8, 4) is 11.8 Å². The molecule has 0 unspecified atom stereocenters. The van der Waals surface area contributed by atoms with E-state index in [-0.39, 0.29) is 5.91 Å². The zero-order valence-electron chi connectivity index (χ0n) is 12.3. The average molecular weight is 295 g/mol. The van der Waals surface area contributed by atoms with Crippen molar-refractivity contribution in [3.05, 3.63) is 54.1 Å². The largest absolute Gasteiger partial charge is 0.497 e. The number of nitrogens with one attached hydrogen (secondary N) is 2. The molecule has 2 aromatic carbocycles. The number of nitrogens with zero attached hydrogens (tertiary/aromatic N) is 1. The van der Waals surface area contributed by atoms with Crippen LogP contribution >= 0.6 is 0 Å². The molecule has 0 aliphatic heterocycles. The van der Waals surface area contributed by atoms with Crippen molar-refractivity contribution in [2.45, 2.75) is 6.42 Å². The van der Waals surface area contributed by atoms with Crippen LogP contribution in [0, 0.1) is 11.3 Å². The van der Waals surface area contributed by atoms with E-state index < -0.39 is 0 Å². The third-order valence-corrected chi connectivity index (χ3v) is 3.07. The number of anilines is 2. The van der Waals surface area contributed by atoms with Gasteiger partial charge in [-0.1, -0.05) is 18.2 Å². The Hall–Kier alpha value is -3.00. The summed E-state index contributed by atoms with van der Waals surface area (Å²) >= 11 is 0. The molecule has 2 N–H and O–H groups in total. The highest BCUT2D eigenvalue weighted by Crippen LogP contribution is 2.17. The summed E-state index contributed by atoms with van der Waals surface area (Å²) in [7, 11) is 1.61. The van der Waals surface area contributed by atoms with E-state index in [1.54, 1.807) is 31.4 Å². The van der Waals surface area contributed by atoms with Gasteiger partial charge in [0.15, 0.2) is 0 Å². The van der Waals surface area contributed by atoms with Gasteiger partial charge in [-0.25, -0.2) is 0 Å². The van der Waals surface area contributed by atoms with E-state index in [2.05, 4.69) is 16.7 Å². The summed E-state index contributed by atoms with van der Waals surface area (Å²) in [4.78, 5) is 11.9. The number of carbonyl (C=O) groups excluding carboxylic acids is 1. The Bertz CT molecular complexity index is 692. The maximum Gasteiger partial charge on any atom is 0.226 e. The molecule has 0 heterocycles. The Morgan fingerprint density at radius 2 is 2.05 bits per heavy atom. The molecule has 0 aromatic heterocycles. The summed E-state index contributed by atoms with van der Waals surface area (Å²) in [5.74, 6) is 0.621. The summed E-state index contributed by atoms with van der Waals surface area (Å²) in [5, 5.41) is 14.9. The van der Waals surface area contributed by atoms with Gasteiger partial charge >= 0.3 is 0 Å². The SMILES string of the molecule is COc1cccc(NCCC(=O)Nc2ccccc2C#N)c1. The molecule has 0 aliphatic rings. The third kappa shape index (κ3) is 4.25. The van der Waals surface area contributed by atoms with Crippen LogP contribution in [-0.4, -0.2) is 19.6 Å². The molecule has 2 rings (SSSR count). The molecule has 0 fully saturated rings. The molecule has 5 nitrogen and oxygen atoms in total. The summed E-state index contributed by atoms with van der Waals surface area (Å²) in [5.41, 5.74) is 1.89. The van der Waals surface area contributed by atoms with Crippen molar-refractivity contribution >= 4 is 17.3 Å². The molecule has 0 spiro atoms. The molecule has 0 bridgehead atoms. The van der Waals surface area contributed by atoms with Crippen LogP contribution in [0.5, 0.6) is 5.75 Å². The Labute approximate surface area is 129 Å². The van der Waals surface area contributed by atoms with E-state index in [1.165, 1.54) is 0 Å². The lowest BCUT2D eigenvalue weighted by Gasteiger charge is -2.09. The summed E-state index contributed by atoms with van der Waals surface area (Å²) in [6.45, 7) is 0.494. The van der Waals surface area contributed by atoms with Crippen molar-refractivity contribution in [3.63, 3.8) is 0 Å². The van der Waals surface area contributed by atoms with E-state index in [9.17, 15) is 4.79 Å². The maximum absolute atomic E-state index is 11.9. The van der Waals surface area contributed by atoms with Crippen molar-refractivity contribution in [2.75, 3.05) is 24.3 Å². The highest BCUT2D eigenvalue weighted by Gasteiger charge is 2.06. The molecule has 5 heteroatoms. The standard InChI is InChI=1S/C17H17N3O2/c1-22-15-7-4-6-14(11-15)19-10-9-17(21)20-16-8-3-2-5-13(16)12-18/h2-8,11,19H,9-10H2,1H3,(H,20,21). The van der Waals surface area contributed by atoms with E-state index in [1.807, 2.05) is 24.3 Å². The number of rotatable bonds is 6. The molecule has 22 heavy (non-hydrogen) atoms. The first kappa shape index (κ1) is 15.4. The fourth-order valence-electron chi connectivity index (χ4n) is 1.96. The maximum atomic E-state index is 11.9. The highest BCUT2D eigenvalue weighted by molar-refractivity contribution is 5.92. The predicted molar refractivity (Wildman–Crippen MR) is 85.9 cm³/mol. The molecule has 0 saturated carbocycles. The van der Waals surface area contributed by atoms with Crippen molar-refractivity contribution in [2.24, 2.45) is 0 Å². The molecule has 1 amide bonds. The fraction of sp³-hybridized carbons (Fsp3) is 0.176. The summed E-state index contributed by atoms with van der Waals surface area (Å²) in [6.07, 6.45) is 0.303. The van der Waals surface area contributed by atoms with Gasteiger partial charge in [-0.15, -0.1) is 0 Å². The average Bonchev–Trinajstić information content (AvgIpc) is 2.55. The van der Waals surface area contributed by atoms with Gasteiger partial charge in [0.05, 0.1) is 18.4 Å². The van der Waals surface area contributed by atoms with Gasteiger partial charge in [-0.05, 0) is 24.3 Å². The van der Waals surface area contributed by atoms with Crippen LogP contribution in [0.15, 0.2) is 48.5 Å². The molecule has 0 atom stereocenters. The number of methoxy groups -OCH3 is 1. The molecule has 112 valence electrons. The Morgan fingerprint density at radius 3 is 2.82 bits per heavy atom.